The highest BCUT2D eigenvalue weighted by molar-refractivity contribution is 5.79. The van der Waals surface area contributed by atoms with Gasteiger partial charge in [-0.3, -0.25) is 4.79 Å². The Morgan fingerprint density at radius 1 is 1.27 bits per heavy atom. The number of carboxylic acids is 1. The average molecular weight is 312 g/mol. The molecule has 1 fully saturated rings. The van der Waals surface area contributed by atoms with Crippen LogP contribution in [-0.4, -0.2) is 29.6 Å². The summed E-state index contributed by atoms with van der Waals surface area (Å²) in [5, 5.41) is 9.71. The number of unbranched alkanes of at least 4 members (excludes halogenated alkanes) is 5. The van der Waals surface area contributed by atoms with E-state index in [1.165, 1.54) is 25.7 Å². The van der Waals surface area contributed by atoms with Crippen molar-refractivity contribution in [3.05, 3.63) is 12.2 Å². The van der Waals surface area contributed by atoms with Crippen LogP contribution in [0.4, 0.5) is 0 Å². The molecule has 4 heteroatoms. The minimum atomic E-state index is -1.09. The molecule has 1 aliphatic rings. The standard InChI is InChI=1S/C18H32O4/c1-6-7-8-9-10-11-12-14(2)18(5,16(19)20)15-13-21-17(3,4)22-15/h15H,2,6-13H2,1,3-5H3,(H,19,20). The summed E-state index contributed by atoms with van der Waals surface area (Å²) in [7, 11) is 0. The minimum Gasteiger partial charge on any atom is -0.481 e. The van der Waals surface area contributed by atoms with E-state index >= 15 is 0 Å². The molecule has 0 saturated carbocycles. The number of carbonyl (C=O) groups is 1. The fourth-order valence-electron chi connectivity index (χ4n) is 2.87. The predicted octanol–water partition coefficient (Wildman–Crippen LogP) is 4.54. The van der Waals surface area contributed by atoms with Gasteiger partial charge in [0, 0.05) is 0 Å². The first-order valence-corrected chi connectivity index (χ1v) is 8.47. The molecule has 0 aromatic carbocycles. The zero-order valence-electron chi connectivity index (χ0n) is 14.6. The van der Waals surface area contributed by atoms with Crippen LogP contribution >= 0.6 is 0 Å². The Morgan fingerprint density at radius 3 is 2.36 bits per heavy atom. The van der Waals surface area contributed by atoms with Crippen molar-refractivity contribution < 1.29 is 19.4 Å². The third kappa shape index (κ3) is 4.82. The molecule has 0 aromatic rings. The van der Waals surface area contributed by atoms with Gasteiger partial charge >= 0.3 is 5.97 Å². The fraction of sp³-hybridized carbons (Fsp3) is 0.833. The third-order valence-corrected chi connectivity index (χ3v) is 4.66. The maximum atomic E-state index is 11.8. The lowest BCUT2D eigenvalue weighted by molar-refractivity contribution is -0.167. The molecule has 4 nitrogen and oxygen atoms in total. The lowest BCUT2D eigenvalue weighted by Gasteiger charge is -2.33. The molecule has 2 atom stereocenters. The maximum absolute atomic E-state index is 11.8. The molecule has 0 amide bonds. The van der Waals surface area contributed by atoms with Gasteiger partial charge in [0.2, 0.25) is 0 Å². The number of hydrogen-bond acceptors (Lipinski definition) is 3. The Labute approximate surface area is 134 Å². The van der Waals surface area contributed by atoms with Gasteiger partial charge in [-0.2, -0.15) is 0 Å². The number of rotatable bonds is 10. The lowest BCUT2D eigenvalue weighted by Crippen LogP contribution is -2.43. The van der Waals surface area contributed by atoms with Gasteiger partial charge in [0.1, 0.15) is 11.5 Å². The zero-order chi connectivity index (χ0) is 16.8. The summed E-state index contributed by atoms with van der Waals surface area (Å²) < 4.78 is 11.3. The Hall–Kier alpha value is -0.870. The van der Waals surface area contributed by atoms with Crippen molar-refractivity contribution in [3.63, 3.8) is 0 Å². The van der Waals surface area contributed by atoms with Gasteiger partial charge < -0.3 is 14.6 Å². The van der Waals surface area contributed by atoms with E-state index in [2.05, 4.69) is 13.5 Å². The Bertz CT molecular complexity index is 389. The van der Waals surface area contributed by atoms with Crippen LogP contribution in [0.15, 0.2) is 12.2 Å². The van der Waals surface area contributed by atoms with Gasteiger partial charge in [-0.1, -0.05) is 51.2 Å². The van der Waals surface area contributed by atoms with Crippen LogP contribution in [0, 0.1) is 5.41 Å². The molecule has 0 aliphatic carbocycles. The second-order valence-electron chi connectivity index (χ2n) is 6.95. The predicted molar refractivity (Wildman–Crippen MR) is 87.8 cm³/mol. The summed E-state index contributed by atoms with van der Waals surface area (Å²) in [6.07, 6.45) is 7.34. The van der Waals surface area contributed by atoms with Gasteiger partial charge in [-0.05, 0) is 33.6 Å². The van der Waals surface area contributed by atoms with E-state index < -0.39 is 23.3 Å². The number of aliphatic carboxylic acids is 1. The number of ether oxygens (including phenoxy) is 2. The highest BCUT2D eigenvalue weighted by atomic mass is 16.7. The van der Waals surface area contributed by atoms with E-state index in [1.807, 2.05) is 13.8 Å². The molecule has 1 aliphatic heterocycles. The topological polar surface area (TPSA) is 55.8 Å². The summed E-state index contributed by atoms with van der Waals surface area (Å²) in [5.74, 6) is -1.60. The van der Waals surface area contributed by atoms with Crippen LogP contribution < -0.4 is 0 Å². The Balaban J connectivity index is 2.55. The van der Waals surface area contributed by atoms with Gasteiger partial charge in [-0.25, -0.2) is 0 Å². The molecule has 1 N–H and O–H groups in total. The molecular formula is C18H32O4. The molecule has 128 valence electrons. The van der Waals surface area contributed by atoms with Gasteiger partial charge in [-0.15, -0.1) is 0 Å². The van der Waals surface area contributed by atoms with E-state index in [-0.39, 0.29) is 0 Å². The molecule has 1 saturated heterocycles. The van der Waals surface area contributed by atoms with Crippen LogP contribution in [0.2, 0.25) is 0 Å². The average Bonchev–Trinajstić information content (AvgIpc) is 2.81. The van der Waals surface area contributed by atoms with E-state index in [0.29, 0.717) is 6.61 Å². The van der Waals surface area contributed by atoms with Crippen LogP contribution in [0.25, 0.3) is 0 Å². The van der Waals surface area contributed by atoms with Crippen molar-refractivity contribution in [1.82, 2.24) is 0 Å². The molecule has 1 heterocycles. The van der Waals surface area contributed by atoms with Crippen molar-refractivity contribution in [1.29, 1.82) is 0 Å². The van der Waals surface area contributed by atoms with Crippen LogP contribution in [0.3, 0.4) is 0 Å². The van der Waals surface area contributed by atoms with Crippen LogP contribution in [-0.2, 0) is 14.3 Å². The molecular weight excluding hydrogens is 280 g/mol. The minimum absolute atomic E-state index is 0.297. The summed E-state index contributed by atoms with van der Waals surface area (Å²) in [5.41, 5.74) is -0.348. The van der Waals surface area contributed by atoms with Gasteiger partial charge in [0.05, 0.1) is 6.61 Å². The molecule has 1 rings (SSSR count). The van der Waals surface area contributed by atoms with Crippen LogP contribution in [0.5, 0.6) is 0 Å². The van der Waals surface area contributed by atoms with E-state index in [9.17, 15) is 9.90 Å². The zero-order valence-corrected chi connectivity index (χ0v) is 14.6. The first-order valence-electron chi connectivity index (χ1n) is 8.47. The maximum Gasteiger partial charge on any atom is 0.316 e. The van der Waals surface area contributed by atoms with Crippen LogP contribution in [0.1, 0.15) is 72.6 Å². The largest absolute Gasteiger partial charge is 0.481 e. The second kappa shape index (κ2) is 8.11. The molecule has 22 heavy (non-hydrogen) atoms. The molecule has 0 aromatic heterocycles. The highest BCUT2D eigenvalue weighted by Gasteiger charge is 2.50. The van der Waals surface area contributed by atoms with E-state index in [4.69, 9.17) is 9.47 Å². The first kappa shape index (κ1) is 19.2. The quantitative estimate of drug-likeness (QED) is 0.475. The fourth-order valence-corrected chi connectivity index (χ4v) is 2.87. The first-order chi connectivity index (χ1) is 10.2. The lowest BCUT2D eigenvalue weighted by atomic mass is 9.75. The van der Waals surface area contributed by atoms with Gasteiger partial charge in [0.15, 0.2) is 5.79 Å². The normalized spacial score (nSPS) is 23.2. The smallest absolute Gasteiger partial charge is 0.316 e. The van der Waals surface area contributed by atoms with Crippen molar-refractivity contribution in [2.45, 2.75) is 84.5 Å². The SMILES string of the molecule is C=C(CCCCCCCC)C(C)(C(=O)O)C1COC(C)(C)O1. The molecule has 2 unspecified atom stereocenters. The molecule has 0 bridgehead atoms. The third-order valence-electron chi connectivity index (χ3n) is 4.66. The number of carboxylic acid groups (broad SMARTS) is 1. The van der Waals surface area contributed by atoms with Crippen molar-refractivity contribution in [3.8, 4) is 0 Å². The second-order valence-corrected chi connectivity index (χ2v) is 6.95. The van der Waals surface area contributed by atoms with E-state index in [0.717, 1.165) is 24.8 Å². The van der Waals surface area contributed by atoms with Crippen molar-refractivity contribution in [2.75, 3.05) is 6.61 Å². The summed E-state index contributed by atoms with van der Waals surface area (Å²) in [6.45, 7) is 11.9. The summed E-state index contributed by atoms with van der Waals surface area (Å²) in [6, 6.07) is 0. The number of hydrogen-bond donors (Lipinski definition) is 1. The summed E-state index contributed by atoms with van der Waals surface area (Å²) >= 11 is 0. The Kier molecular flexibility index (Phi) is 7.07. The van der Waals surface area contributed by atoms with Crippen molar-refractivity contribution in [2.24, 2.45) is 5.41 Å². The molecule has 0 spiro atoms. The van der Waals surface area contributed by atoms with Gasteiger partial charge in [0.25, 0.3) is 0 Å². The van der Waals surface area contributed by atoms with Crippen molar-refractivity contribution >= 4 is 5.97 Å². The summed E-state index contributed by atoms with van der Waals surface area (Å²) in [4.78, 5) is 11.8. The Morgan fingerprint density at radius 2 is 1.86 bits per heavy atom. The highest BCUT2D eigenvalue weighted by Crippen LogP contribution is 2.40. The molecule has 0 radical (unpaired) electrons. The van der Waals surface area contributed by atoms with E-state index in [1.54, 1.807) is 6.92 Å². The monoisotopic (exact) mass is 312 g/mol.